The standard InChI is InChI=1S/C70H82F3N11O17S2/c1-42(2)62(90)81-68-80-61-60(64(92)82-68)77-47(37-76-61)38-84(67(95)70(71,72)73)48-23-17-43(18-24-48)63(91)79-53(65(93)98-6)29-30-57(87)78-54(66(94)99-7)41-103-102-35-33-56(86)75-34-13-9-12-16-58(88)83-39-52(101-59(89)32-31-55(85)74-3)36-49(83)40-100-69(44-14-10-8-11-15-44,45-19-25-50(96-4)26-20-45)46-21-27-51(97-5)28-22-46/h8,10-11,14-15,17-28,37,42,49,52-54H,9,12-13,16,29-36,38-41H2,1-7H3,(H,74,85)(H,75,86)(H,78,87)(H,79,91)(H2,76,80,81,82,90,92)/t49-,52+,53-,54+/m0/s1. The number of amides is 7. The number of anilines is 2. The van der Waals surface area contributed by atoms with Gasteiger partial charge in [0.05, 0.1) is 72.5 Å². The summed E-state index contributed by atoms with van der Waals surface area (Å²) in [4.78, 5) is 159. The fourth-order valence-electron chi connectivity index (χ4n) is 10.9. The highest BCUT2D eigenvalue weighted by molar-refractivity contribution is 8.76. The lowest BCUT2D eigenvalue weighted by molar-refractivity contribution is -0.170. The van der Waals surface area contributed by atoms with E-state index in [0.717, 1.165) is 61.4 Å². The lowest BCUT2D eigenvalue weighted by atomic mass is 9.80. The summed E-state index contributed by atoms with van der Waals surface area (Å²) in [5, 5.41) is 12.8. The highest BCUT2D eigenvalue weighted by Gasteiger charge is 2.45. The summed E-state index contributed by atoms with van der Waals surface area (Å²) in [7, 11) is 9.25. The van der Waals surface area contributed by atoms with Crippen molar-refractivity contribution in [2.24, 2.45) is 5.92 Å². The monoisotopic (exact) mass is 1470 g/mol. The second-order valence-electron chi connectivity index (χ2n) is 23.8. The number of hydrogen-bond donors (Lipinski definition) is 6. The number of hydrogen-bond acceptors (Lipinski definition) is 22. The summed E-state index contributed by atoms with van der Waals surface area (Å²) < 4.78 is 75.7. The fourth-order valence-corrected chi connectivity index (χ4v) is 13.0. The van der Waals surface area contributed by atoms with Crippen molar-refractivity contribution in [2.45, 2.75) is 121 Å². The molecule has 103 heavy (non-hydrogen) atoms. The van der Waals surface area contributed by atoms with Crippen molar-refractivity contribution >= 4 is 104 Å². The van der Waals surface area contributed by atoms with E-state index in [1.165, 1.54) is 28.6 Å². The minimum Gasteiger partial charge on any atom is -0.497 e. The van der Waals surface area contributed by atoms with Crippen LogP contribution in [0.2, 0.25) is 0 Å². The number of carbonyl (C=O) groups excluding carboxylic acids is 10. The number of benzene rings is 4. The maximum absolute atomic E-state index is 14.2. The summed E-state index contributed by atoms with van der Waals surface area (Å²) in [5.74, 6) is -6.55. The highest BCUT2D eigenvalue weighted by Crippen LogP contribution is 2.43. The molecular formula is C70H82F3N11O17S2. The van der Waals surface area contributed by atoms with Gasteiger partial charge < -0.3 is 54.6 Å². The van der Waals surface area contributed by atoms with Crippen molar-refractivity contribution in [1.82, 2.24) is 46.1 Å². The molecule has 0 bridgehead atoms. The van der Waals surface area contributed by atoms with Crippen LogP contribution in [0.15, 0.2) is 114 Å². The van der Waals surface area contributed by atoms with Gasteiger partial charge in [-0.05, 0) is 84.5 Å². The van der Waals surface area contributed by atoms with Gasteiger partial charge >= 0.3 is 30.0 Å². The third-order valence-corrected chi connectivity index (χ3v) is 18.8. The number of nitrogens with one attached hydrogen (secondary N) is 6. The number of rotatable bonds is 37. The third kappa shape index (κ3) is 22.9. The van der Waals surface area contributed by atoms with Crippen molar-refractivity contribution in [2.75, 3.05) is 76.9 Å². The first kappa shape index (κ1) is 80.2. The number of fused-ring (bicyclic) bond motifs is 1. The smallest absolute Gasteiger partial charge is 0.471 e. The van der Waals surface area contributed by atoms with E-state index in [1.807, 2.05) is 78.9 Å². The number of methoxy groups -OCH3 is 4. The Morgan fingerprint density at radius 2 is 1.35 bits per heavy atom. The molecule has 6 aromatic rings. The van der Waals surface area contributed by atoms with Gasteiger partial charge in [0.2, 0.25) is 35.5 Å². The van der Waals surface area contributed by atoms with Crippen molar-refractivity contribution < 1.29 is 89.5 Å². The van der Waals surface area contributed by atoms with Crippen LogP contribution in [0.3, 0.4) is 0 Å². The lowest BCUT2D eigenvalue weighted by Gasteiger charge is -2.38. The molecule has 2 aromatic heterocycles. The number of alkyl halides is 3. The first-order chi connectivity index (χ1) is 49.3. The molecule has 0 radical (unpaired) electrons. The number of nitrogens with zero attached hydrogens (tertiary/aromatic N) is 5. The number of aromatic nitrogens is 4. The van der Waals surface area contributed by atoms with E-state index < -0.39 is 108 Å². The molecule has 0 unspecified atom stereocenters. The van der Waals surface area contributed by atoms with E-state index in [9.17, 15) is 65.9 Å². The van der Waals surface area contributed by atoms with E-state index in [-0.39, 0.29) is 104 Å². The predicted molar refractivity (Wildman–Crippen MR) is 374 cm³/mol. The maximum atomic E-state index is 14.2. The number of unbranched alkanes of at least 4 members (excludes halogenated alkanes) is 2. The Morgan fingerprint density at radius 3 is 1.96 bits per heavy atom. The number of halogens is 3. The number of likely N-dealkylation sites (tertiary alicyclic amines) is 1. The Balaban J connectivity index is 0.861. The van der Waals surface area contributed by atoms with E-state index in [1.54, 1.807) is 33.0 Å². The largest absolute Gasteiger partial charge is 0.497 e. The van der Waals surface area contributed by atoms with Gasteiger partial charge in [-0.1, -0.05) is 96.5 Å². The molecule has 0 saturated carbocycles. The average Bonchev–Trinajstić information content (AvgIpc) is 1.23. The molecular weight excluding hydrogens is 1390 g/mol. The molecule has 7 rings (SSSR count). The summed E-state index contributed by atoms with van der Waals surface area (Å²) >= 11 is 0. The van der Waals surface area contributed by atoms with Gasteiger partial charge in [0, 0.05) is 74.4 Å². The highest BCUT2D eigenvalue weighted by atomic mass is 33.1. The second-order valence-corrected chi connectivity index (χ2v) is 26.4. The van der Waals surface area contributed by atoms with Crippen LogP contribution in [-0.2, 0) is 74.2 Å². The fraction of sp³-hybridized carbons (Fsp3) is 0.429. The normalized spacial score (nSPS) is 14.1. The number of carbonyl (C=O) groups is 10. The Hall–Kier alpha value is -10.2. The van der Waals surface area contributed by atoms with Crippen LogP contribution in [0.4, 0.5) is 24.8 Å². The summed E-state index contributed by atoms with van der Waals surface area (Å²) in [5.41, 5.74) is -1.13. The molecule has 0 spiro atoms. The molecule has 6 N–H and O–H groups in total. The number of aromatic amines is 1. The van der Waals surface area contributed by atoms with Crippen LogP contribution in [0.1, 0.15) is 111 Å². The van der Waals surface area contributed by atoms with Crippen LogP contribution in [-0.4, -0.2) is 181 Å². The first-order valence-electron chi connectivity index (χ1n) is 32.8. The lowest BCUT2D eigenvalue weighted by Crippen LogP contribution is -2.45. The van der Waals surface area contributed by atoms with Gasteiger partial charge in [-0.3, -0.25) is 58.4 Å². The SMILES string of the molecule is CNC(=O)CCC(=O)O[C@@H]1C[C@@H](COC(c2ccccc2)(c2ccc(OC)cc2)c2ccc(OC)cc2)N(C(=O)CCCCCNC(=O)CCSSC[C@@H](NC(=O)CC[C@H](NC(=O)c2ccc(N(Cc3cnc4nc(NC(=O)C(C)C)[nH]c(=O)c4n3)C(=O)C(F)(F)F)cc2)C(=O)OC)C(=O)OC)C1. The Kier molecular flexibility index (Phi) is 30.2. The Morgan fingerprint density at radius 1 is 0.709 bits per heavy atom. The van der Waals surface area contributed by atoms with E-state index >= 15 is 0 Å². The van der Waals surface area contributed by atoms with Crippen molar-refractivity contribution in [3.05, 3.63) is 148 Å². The second kappa shape index (κ2) is 38.8. The molecule has 7 amide bonds. The molecule has 1 aliphatic rings. The topological polar surface area (TPSA) is 364 Å². The quantitative estimate of drug-likeness (QED) is 0.00783. The van der Waals surface area contributed by atoms with Gasteiger partial charge in [0.15, 0.2) is 11.2 Å². The number of esters is 3. The van der Waals surface area contributed by atoms with E-state index in [0.29, 0.717) is 48.0 Å². The van der Waals surface area contributed by atoms with Crippen molar-refractivity contribution in [1.29, 1.82) is 0 Å². The van der Waals surface area contributed by atoms with Crippen LogP contribution in [0, 0.1) is 5.92 Å². The molecule has 4 aromatic carbocycles. The van der Waals surface area contributed by atoms with Gasteiger partial charge in [0.25, 0.3) is 11.5 Å². The van der Waals surface area contributed by atoms with Crippen molar-refractivity contribution in [3.63, 3.8) is 0 Å². The first-order valence-corrected chi connectivity index (χ1v) is 35.3. The van der Waals surface area contributed by atoms with Gasteiger partial charge in [-0.25, -0.2) is 19.6 Å². The molecule has 28 nitrogen and oxygen atoms in total. The van der Waals surface area contributed by atoms with Crippen LogP contribution >= 0.6 is 21.6 Å². The third-order valence-electron chi connectivity index (χ3n) is 16.4. The minimum absolute atomic E-state index is 0.00886. The van der Waals surface area contributed by atoms with Crippen LogP contribution < -0.4 is 46.5 Å². The Bertz CT molecular complexity index is 3940. The molecule has 1 saturated heterocycles. The van der Waals surface area contributed by atoms with Gasteiger partial charge in [-0.15, -0.1) is 0 Å². The van der Waals surface area contributed by atoms with Crippen LogP contribution in [0.25, 0.3) is 11.2 Å². The van der Waals surface area contributed by atoms with Crippen LogP contribution in [0.5, 0.6) is 11.5 Å². The van der Waals surface area contributed by atoms with Crippen molar-refractivity contribution in [3.8, 4) is 11.5 Å². The summed E-state index contributed by atoms with van der Waals surface area (Å²) in [6.07, 6.45) is -3.83. The average molecular weight is 1470 g/mol. The zero-order valence-corrected chi connectivity index (χ0v) is 59.4. The molecule has 4 atom stereocenters. The molecule has 552 valence electrons. The molecule has 1 aliphatic heterocycles. The predicted octanol–water partition coefficient (Wildman–Crippen LogP) is 6.63. The number of H-pyrrole nitrogens is 1. The Labute approximate surface area is 599 Å². The zero-order valence-electron chi connectivity index (χ0n) is 57.7. The minimum atomic E-state index is -5.40. The van der Waals surface area contributed by atoms with E-state index in [4.69, 9.17) is 28.4 Å². The summed E-state index contributed by atoms with van der Waals surface area (Å²) in [6.45, 7) is 2.84. The molecule has 0 aliphatic carbocycles. The summed E-state index contributed by atoms with van der Waals surface area (Å²) in [6, 6.07) is 25.9. The molecule has 1 fully saturated rings. The van der Waals surface area contributed by atoms with Gasteiger partial charge in [-0.2, -0.15) is 18.2 Å². The maximum Gasteiger partial charge on any atom is 0.471 e. The van der Waals surface area contributed by atoms with E-state index in [2.05, 4.69) is 46.5 Å². The molecule has 3 heterocycles. The number of ether oxygens (including phenoxy) is 6. The molecule has 33 heteroatoms. The zero-order chi connectivity index (χ0) is 74.8. The van der Waals surface area contributed by atoms with Gasteiger partial charge in [0.1, 0.15) is 35.3 Å².